The largest absolute Gasteiger partial charge is 0.323 e. The van der Waals surface area contributed by atoms with Crippen molar-refractivity contribution < 1.29 is 4.79 Å². The average Bonchev–Trinajstić information content (AvgIpc) is 3.22. The third kappa shape index (κ3) is 2.60. The normalized spacial score (nSPS) is 26.4. The minimum absolute atomic E-state index is 0.0310. The summed E-state index contributed by atoms with van der Waals surface area (Å²) in [6.45, 7) is 4.69. The lowest BCUT2D eigenvalue weighted by molar-refractivity contribution is -0.117. The Kier molecular flexibility index (Phi) is 3.56. The molecule has 7 heteroatoms. The van der Waals surface area contributed by atoms with E-state index in [2.05, 4.69) is 24.3 Å². The van der Waals surface area contributed by atoms with E-state index < -0.39 is 0 Å². The van der Waals surface area contributed by atoms with Crippen molar-refractivity contribution in [1.82, 2.24) is 10.2 Å². The van der Waals surface area contributed by atoms with Gasteiger partial charge in [-0.25, -0.2) is 0 Å². The summed E-state index contributed by atoms with van der Waals surface area (Å²) in [7, 11) is 0. The highest BCUT2D eigenvalue weighted by molar-refractivity contribution is 7.58. The van der Waals surface area contributed by atoms with Crippen molar-refractivity contribution in [2.45, 2.75) is 12.8 Å². The summed E-state index contributed by atoms with van der Waals surface area (Å²) in [6.07, 6.45) is 2.42. The lowest BCUT2D eigenvalue weighted by atomic mass is 9.87. The number of carbonyl (C=O) groups excluding carboxylic acids is 1. The maximum absolute atomic E-state index is 12.3. The minimum atomic E-state index is 0.0310. The molecule has 1 aromatic carbocycles. The quantitative estimate of drug-likeness (QED) is 0.910. The Morgan fingerprint density at radius 3 is 3.23 bits per heavy atom. The molecule has 1 amide bonds. The Balaban J connectivity index is 1.38. The van der Waals surface area contributed by atoms with Crippen molar-refractivity contribution in [3.63, 3.8) is 0 Å². The summed E-state index contributed by atoms with van der Waals surface area (Å²) < 4.78 is 8.46. The summed E-state index contributed by atoms with van der Waals surface area (Å²) in [5.74, 6) is 0.0310. The second-order valence-corrected chi connectivity index (χ2v) is 6.90. The number of amides is 1. The van der Waals surface area contributed by atoms with E-state index in [1.165, 1.54) is 24.2 Å². The van der Waals surface area contributed by atoms with Crippen molar-refractivity contribution in [2.75, 3.05) is 38.0 Å². The molecule has 0 bridgehead atoms. The molecule has 0 radical (unpaired) electrons. The van der Waals surface area contributed by atoms with Gasteiger partial charge in [0.25, 0.3) is 0 Å². The van der Waals surface area contributed by atoms with Crippen molar-refractivity contribution in [3.8, 4) is 0 Å². The predicted molar refractivity (Wildman–Crippen MR) is 87.6 cm³/mol. The maximum Gasteiger partial charge on any atom is 0.238 e. The first-order chi connectivity index (χ1) is 10.7. The third-order valence-electron chi connectivity index (χ3n) is 4.78. The average molecular weight is 317 g/mol. The number of fused-ring (bicyclic) bond motifs is 1. The van der Waals surface area contributed by atoms with Gasteiger partial charge in [-0.1, -0.05) is 6.07 Å². The molecule has 2 saturated heterocycles. The zero-order valence-electron chi connectivity index (χ0n) is 12.3. The number of hydrogen-bond acceptors (Lipinski definition) is 5. The standard InChI is InChI=1S/C15H19N5OS/c21-13(8-20-7-5-15(10-20)4-6-16-9-15)17-11-2-1-3-12-14(11)19-22-18-12/h1-3,16H,4-10H2,(H,17,21). The Morgan fingerprint density at radius 1 is 1.41 bits per heavy atom. The fourth-order valence-electron chi connectivity index (χ4n) is 3.61. The molecule has 2 N–H and O–H groups in total. The van der Waals surface area contributed by atoms with Crippen LogP contribution in [0.4, 0.5) is 17.1 Å². The van der Waals surface area contributed by atoms with Crippen molar-refractivity contribution in [2.24, 2.45) is 14.1 Å². The van der Waals surface area contributed by atoms with Gasteiger partial charge >= 0.3 is 0 Å². The summed E-state index contributed by atoms with van der Waals surface area (Å²) in [5, 5.41) is 6.43. The van der Waals surface area contributed by atoms with E-state index in [4.69, 9.17) is 0 Å². The summed E-state index contributed by atoms with van der Waals surface area (Å²) in [5.41, 5.74) is 2.77. The van der Waals surface area contributed by atoms with Crippen LogP contribution in [0.3, 0.4) is 0 Å². The van der Waals surface area contributed by atoms with Crippen LogP contribution in [0, 0.1) is 5.41 Å². The van der Waals surface area contributed by atoms with E-state index >= 15 is 0 Å². The van der Waals surface area contributed by atoms with Gasteiger partial charge in [-0.2, -0.15) is 8.73 Å². The number of benzene rings is 1. The van der Waals surface area contributed by atoms with Gasteiger partial charge in [0, 0.05) is 13.1 Å². The molecule has 1 aromatic rings. The van der Waals surface area contributed by atoms with E-state index in [0.29, 0.717) is 12.0 Å². The molecular weight excluding hydrogens is 298 g/mol. The fraction of sp³-hybridized carbons (Fsp3) is 0.533. The molecular formula is C15H19N5OS. The van der Waals surface area contributed by atoms with Gasteiger partial charge < -0.3 is 10.6 Å². The van der Waals surface area contributed by atoms with E-state index in [9.17, 15) is 4.79 Å². The van der Waals surface area contributed by atoms with Gasteiger partial charge in [0.15, 0.2) is 0 Å². The Bertz CT molecular complexity index is 677. The summed E-state index contributed by atoms with van der Waals surface area (Å²) in [6, 6.07) is 5.69. The lowest BCUT2D eigenvalue weighted by Gasteiger charge is -2.22. The second kappa shape index (κ2) is 5.57. The van der Waals surface area contributed by atoms with Gasteiger partial charge in [-0.3, -0.25) is 9.69 Å². The molecule has 3 aliphatic heterocycles. The predicted octanol–water partition coefficient (Wildman–Crippen LogP) is 2.04. The van der Waals surface area contributed by atoms with E-state index in [1.807, 2.05) is 18.2 Å². The molecule has 6 nitrogen and oxygen atoms in total. The maximum atomic E-state index is 12.3. The molecule has 1 atom stereocenters. The molecule has 116 valence electrons. The van der Waals surface area contributed by atoms with Gasteiger partial charge in [-0.15, -0.1) is 0 Å². The first-order valence-electron chi connectivity index (χ1n) is 7.68. The van der Waals surface area contributed by atoms with Crippen LogP contribution < -0.4 is 10.6 Å². The second-order valence-electron chi connectivity index (χ2n) is 6.37. The molecule has 1 unspecified atom stereocenters. The van der Waals surface area contributed by atoms with Crippen LogP contribution in [-0.4, -0.2) is 43.5 Å². The van der Waals surface area contributed by atoms with Crippen LogP contribution in [0.15, 0.2) is 26.9 Å². The number of likely N-dealkylation sites (tertiary alicyclic amines) is 1. The first-order valence-corrected chi connectivity index (χ1v) is 8.41. The minimum Gasteiger partial charge on any atom is -0.323 e. The van der Waals surface area contributed by atoms with Crippen LogP contribution in [0.2, 0.25) is 0 Å². The van der Waals surface area contributed by atoms with Crippen LogP contribution in [0.1, 0.15) is 12.8 Å². The molecule has 0 aliphatic carbocycles. The van der Waals surface area contributed by atoms with Crippen molar-refractivity contribution in [1.29, 1.82) is 0 Å². The van der Waals surface area contributed by atoms with Crippen LogP contribution in [0.25, 0.3) is 0 Å². The monoisotopic (exact) mass is 317 g/mol. The Labute approximate surface area is 133 Å². The van der Waals surface area contributed by atoms with Gasteiger partial charge in [0.2, 0.25) is 5.91 Å². The molecule has 2 fully saturated rings. The molecule has 22 heavy (non-hydrogen) atoms. The topological polar surface area (TPSA) is 69.1 Å². The zero-order valence-corrected chi connectivity index (χ0v) is 13.2. The lowest BCUT2D eigenvalue weighted by Crippen LogP contribution is -2.34. The molecule has 0 aromatic heterocycles. The number of hydrogen-bond donors (Lipinski definition) is 2. The van der Waals surface area contributed by atoms with Crippen molar-refractivity contribution in [3.05, 3.63) is 18.2 Å². The van der Waals surface area contributed by atoms with E-state index in [-0.39, 0.29) is 5.91 Å². The third-order valence-corrected chi connectivity index (χ3v) is 5.32. The van der Waals surface area contributed by atoms with E-state index in [1.54, 1.807) is 0 Å². The highest BCUT2D eigenvalue weighted by Gasteiger charge is 2.40. The number of nitrogens with one attached hydrogen (secondary N) is 2. The fourth-order valence-corrected chi connectivity index (χ4v) is 4.16. The molecule has 0 saturated carbocycles. The number of carbonyl (C=O) groups is 1. The SMILES string of the molecule is O=C(CN1CCC2(CCNC2)C1)Nc1cccc2c1N=S=N2. The molecule has 3 heterocycles. The molecule has 3 aliphatic rings. The highest BCUT2D eigenvalue weighted by Crippen LogP contribution is 2.38. The van der Waals surface area contributed by atoms with Gasteiger partial charge in [-0.05, 0) is 43.5 Å². The van der Waals surface area contributed by atoms with Crippen molar-refractivity contribution >= 4 is 34.3 Å². The summed E-state index contributed by atoms with van der Waals surface area (Å²) >= 11 is 1.17. The number of nitrogens with zero attached hydrogens (tertiary/aromatic N) is 3. The zero-order chi connectivity index (χ0) is 15.0. The van der Waals surface area contributed by atoms with Gasteiger partial charge in [0.05, 0.1) is 23.6 Å². The molecule has 1 spiro atoms. The summed E-state index contributed by atoms with van der Waals surface area (Å²) in [4.78, 5) is 14.6. The Morgan fingerprint density at radius 2 is 2.36 bits per heavy atom. The first kappa shape index (κ1) is 14.0. The van der Waals surface area contributed by atoms with Crippen LogP contribution >= 0.6 is 0 Å². The Hall–Kier alpha value is -1.57. The number of rotatable bonds is 3. The molecule has 4 rings (SSSR count). The van der Waals surface area contributed by atoms with E-state index in [0.717, 1.165) is 43.2 Å². The smallest absolute Gasteiger partial charge is 0.238 e. The van der Waals surface area contributed by atoms with Crippen LogP contribution in [-0.2, 0) is 16.1 Å². The van der Waals surface area contributed by atoms with Gasteiger partial charge in [0.1, 0.15) is 11.4 Å². The highest BCUT2D eigenvalue weighted by atomic mass is 32.1. The van der Waals surface area contributed by atoms with Crippen LogP contribution in [0.5, 0.6) is 0 Å². The number of anilines is 1.